The molecule has 0 aromatic rings. The molecule has 0 saturated carbocycles. The fourth-order valence-corrected chi connectivity index (χ4v) is 2.24. The fourth-order valence-electron chi connectivity index (χ4n) is 2.24. The first-order valence-electron chi connectivity index (χ1n) is 8.20. The Kier molecular flexibility index (Phi) is 6.83. The monoisotopic (exact) mass is 328 g/mol. The lowest BCUT2D eigenvalue weighted by Crippen LogP contribution is -2.56. The van der Waals surface area contributed by atoms with Crippen molar-refractivity contribution in [1.29, 1.82) is 0 Å². The number of alkyl carbamates (subject to hydrolysis) is 1. The zero-order valence-corrected chi connectivity index (χ0v) is 15.4. The average molecular weight is 328 g/mol. The first kappa shape index (κ1) is 19.7. The van der Waals surface area contributed by atoms with Gasteiger partial charge in [0.25, 0.3) is 0 Å². The van der Waals surface area contributed by atoms with Crippen LogP contribution in [0.2, 0.25) is 0 Å². The summed E-state index contributed by atoms with van der Waals surface area (Å²) in [5.41, 5.74) is -1.59. The lowest BCUT2D eigenvalue weighted by atomic mass is 10.1. The first-order chi connectivity index (χ1) is 10.5. The molecule has 0 spiro atoms. The van der Waals surface area contributed by atoms with Gasteiger partial charge in [-0.15, -0.1) is 0 Å². The Morgan fingerprint density at radius 1 is 1.04 bits per heavy atom. The highest BCUT2D eigenvalue weighted by atomic mass is 16.6. The Morgan fingerprint density at radius 2 is 1.61 bits per heavy atom. The number of carbonyl (C=O) groups is 2. The maximum Gasteiger partial charge on any atom is 0.408 e. The second kappa shape index (κ2) is 7.97. The van der Waals surface area contributed by atoms with Crippen molar-refractivity contribution >= 4 is 12.0 Å². The van der Waals surface area contributed by atoms with Gasteiger partial charge in [0.15, 0.2) is 0 Å². The molecule has 0 aromatic carbocycles. The lowest BCUT2D eigenvalue weighted by molar-refractivity contribution is -0.126. The molecule has 0 unspecified atom stereocenters. The van der Waals surface area contributed by atoms with Crippen LogP contribution in [-0.2, 0) is 9.53 Å². The largest absolute Gasteiger partial charge is 0.444 e. The predicted octanol–water partition coefficient (Wildman–Crippen LogP) is 0.653. The van der Waals surface area contributed by atoms with Gasteiger partial charge in [0.2, 0.25) is 5.91 Å². The molecule has 1 aliphatic heterocycles. The van der Waals surface area contributed by atoms with Crippen molar-refractivity contribution in [2.24, 2.45) is 0 Å². The molecule has 1 saturated heterocycles. The predicted molar refractivity (Wildman–Crippen MR) is 90.4 cm³/mol. The number of rotatable bonds is 5. The van der Waals surface area contributed by atoms with Crippen molar-refractivity contribution in [2.75, 3.05) is 46.3 Å². The van der Waals surface area contributed by atoms with Crippen LogP contribution in [0.4, 0.5) is 4.79 Å². The number of nitrogens with zero attached hydrogens (tertiary/aromatic N) is 2. The molecule has 134 valence electrons. The molecule has 1 aliphatic rings. The Labute approximate surface area is 139 Å². The Hall–Kier alpha value is -1.34. The van der Waals surface area contributed by atoms with E-state index in [0.717, 1.165) is 32.7 Å². The highest BCUT2D eigenvalue weighted by molar-refractivity contribution is 5.89. The van der Waals surface area contributed by atoms with E-state index in [1.54, 1.807) is 34.6 Å². The first-order valence-corrected chi connectivity index (χ1v) is 8.20. The number of nitrogens with one attached hydrogen (secondary N) is 2. The number of hydrogen-bond donors (Lipinski definition) is 2. The Morgan fingerprint density at radius 3 is 2.13 bits per heavy atom. The van der Waals surface area contributed by atoms with Gasteiger partial charge in [-0.2, -0.15) is 0 Å². The van der Waals surface area contributed by atoms with E-state index in [0.29, 0.717) is 6.54 Å². The number of hydrogen-bond acceptors (Lipinski definition) is 5. The molecule has 0 bridgehead atoms. The van der Waals surface area contributed by atoms with Gasteiger partial charge in [-0.3, -0.25) is 9.69 Å². The van der Waals surface area contributed by atoms with Crippen LogP contribution in [0, 0.1) is 0 Å². The minimum atomic E-state index is -1.01. The minimum Gasteiger partial charge on any atom is -0.444 e. The van der Waals surface area contributed by atoms with Gasteiger partial charge in [0.1, 0.15) is 11.1 Å². The van der Waals surface area contributed by atoms with E-state index in [2.05, 4.69) is 27.5 Å². The molecule has 1 fully saturated rings. The van der Waals surface area contributed by atoms with Gasteiger partial charge in [0.05, 0.1) is 0 Å². The van der Waals surface area contributed by atoms with Gasteiger partial charge in [-0.1, -0.05) is 0 Å². The summed E-state index contributed by atoms with van der Waals surface area (Å²) in [7, 11) is 2.12. The summed E-state index contributed by atoms with van der Waals surface area (Å²) in [5, 5.41) is 5.50. The molecular formula is C16H32N4O3. The second-order valence-electron chi connectivity index (χ2n) is 7.65. The molecule has 23 heavy (non-hydrogen) atoms. The van der Waals surface area contributed by atoms with E-state index in [9.17, 15) is 9.59 Å². The summed E-state index contributed by atoms with van der Waals surface area (Å²) in [6.07, 6.45) is -0.586. The van der Waals surface area contributed by atoms with Crippen molar-refractivity contribution in [3.05, 3.63) is 0 Å². The molecule has 1 rings (SSSR count). The van der Waals surface area contributed by atoms with Crippen LogP contribution in [0.5, 0.6) is 0 Å². The van der Waals surface area contributed by atoms with E-state index in [-0.39, 0.29) is 5.91 Å². The van der Waals surface area contributed by atoms with Crippen LogP contribution < -0.4 is 10.6 Å². The van der Waals surface area contributed by atoms with Gasteiger partial charge in [-0.25, -0.2) is 4.79 Å². The van der Waals surface area contributed by atoms with Crippen LogP contribution in [0.3, 0.4) is 0 Å². The highest BCUT2D eigenvalue weighted by Gasteiger charge is 2.31. The number of carbonyl (C=O) groups excluding carboxylic acids is 2. The van der Waals surface area contributed by atoms with Gasteiger partial charge in [-0.05, 0) is 41.7 Å². The van der Waals surface area contributed by atoms with Crippen LogP contribution >= 0.6 is 0 Å². The van der Waals surface area contributed by atoms with E-state index in [4.69, 9.17) is 4.74 Å². The van der Waals surface area contributed by atoms with Crippen LogP contribution in [0.1, 0.15) is 34.6 Å². The molecule has 2 N–H and O–H groups in total. The summed E-state index contributed by atoms with van der Waals surface area (Å²) in [5.74, 6) is -0.211. The van der Waals surface area contributed by atoms with Crippen molar-refractivity contribution in [3.8, 4) is 0 Å². The highest BCUT2D eigenvalue weighted by Crippen LogP contribution is 2.09. The zero-order valence-electron chi connectivity index (χ0n) is 15.4. The zero-order chi connectivity index (χ0) is 17.7. The van der Waals surface area contributed by atoms with Crippen molar-refractivity contribution in [3.63, 3.8) is 0 Å². The summed E-state index contributed by atoms with van der Waals surface area (Å²) in [4.78, 5) is 28.7. The summed E-state index contributed by atoms with van der Waals surface area (Å²) in [6.45, 7) is 14.2. The summed E-state index contributed by atoms with van der Waals surface area (Å²) >= 11 is 0. The molecule has 0 aromatic heterocycles. The van der Waals surface area contributed by atoms with Gasteiger partial charge < -0.3 is 20.3 Å². The smallest absolute Gasteiger partial charge is 0.408 e. The summed E-state index contributed by atoms with van der Waals surface area (Å²) in [6, 6.07) is 0. The molecule has 0 aliphatic carbocycles. The number of amides is 2. The Bertz CT molecular complexity index is 410. The SMILES string of the molecule is CN1CCN(CCNC(=O)C(C)(C)NC(=O)OC(C)(C)C)CC1. The minimum absolute atomic E-state index is 0.211. The summed E-state index contributed by atoms with van der Waals surface area (Å²) < 4.78 is 5.19. The third-order valence-corrected chi connectivity index (χ3v) is 3.69. The van der Waals surface area contributed by atoms with Crippen molar-refractivity contribution in [2.45, 2.75) is 45.8 Å². The van der Waals surface area contributed by atoms with E-state index < -0.39 is 17.2 Å². The number of ether oxygens (including phenoxy) is 1. The third kappa shape index (κ3) is 7.65. The van der Waals surface area contributed by atoms with Crippen molar-refractivity contribution in [1.82, 2.24) is 20.4 Å². The molecule has 7 heteroatoms. The molecular weight excluding hydrogens is 296 g/mol. The molecule has 7 nitrogen and oxygen atoms in total. The molecule has 1 heterocycles. The third-order valence-electron chi connectivity index (χ3n) is 3.69. The van der Waals surface area contributed by atoms with E-state index in [1.807, 2.05) is 0 Å². The van der Waals surface area contributed by atoms with Gasteiger partial charge >= 0.3 is 6.09 Å². The van der Waals surface area contributed by atoms with Crippen molar-refractivity contribution < 1.29 is 14.3 Å². The van der Waals surface area contributed by atoms with Crippen LogP contribution in [0.25, 0.3) is 0 Å². The maximum absolute atomic E-state index is 12.3. The fraction of sp³-hybridized carbons (Fsp3) is 0.875. The maximum atomic E-state index is 12.3. The van der Waals surface area contributed by atoms with E-state index in [1.165, 1.54) is 0 Å². The standard InChI is InChI=1S/C16H32N4O3/c1-15(2,3)23-14(22)18-16(4,5)13(21)17-7-8-20-11-9-19(6)10-12-20/h7-12H2,1-6H3,(H,17,21)(H,18,22). The molecule has 2 amide bonds. The molecule has 0 atom stereocenters. The van der Waals surface area contributed by atoms with Crippen LogP contribution in [0.15, 0.2) is 0 Å². The van der Waals surface area contributed by atoms with E-state index >= 15 is 0 Å². The second-order valence-corrected chi connectivity index (χ2v) is 7.65. The quantitative estimate of drug-likeness (QED) is 0.775. The topological polar surface area (TPSA) is 73.9 Å². The van der Waals surface area contributed by atoms with Gasteiger partial charge in [0, 0.05) is 39.3 Å². The normalized spacial score (nSPS) is 17.7. The average Bonchev–Trinajstić information content (AvgIpc) is 2.37. The lowest BCUT2D eigenvalue weighted by Gasteiger charge is -2.32. The molecule has 0 radical (unpaired) electrons. The van der Waals surface area contributed by atoms with Crippen LogP contribution in [-0.4, -0.2) is 79.3 Å². The number of likely N-dealkylation sites (N-methyl/N-ethyl adjacent to an activating group) is 1. The Balaban J connectivity index is 2.33. The number of piperazine rings is 1.